The van der Waals surface area contributed by atoms with Gasteiger partial charge < -0.3 is 4.90 Å². The first-order valence-electron chi connectivity index (χ1n) is 7.66. The Bertz CT molecular complexity index is 921. The Hall–Kier alpha value is -3.21. The van der Waals surface area contributed by atoms with Gasteiger partial charge in [0.25, 0.3) is 11.6 Å². The van der Waals surface area contributed by atoms with E-state index >= 15 is 0 Å². The lowest BCUT2D eigenvalue weighted by atomic mass is 10.1. The van der Waals surface area contributed by atoms with E-state index in [9.17, 15) is 14.9 Å². The molecule has 5 nitrogen and oxygen atoms in total. The summed E-state index contributed by atoms with van der Waals surface area (Å²) in [6.07, 6.45) is 0. The third-order valence-corrected chi connectivity index (χ3v) is 3.94. The number of amides is 1. The molecular weight excluding hydrogens is 304 g/mol. The zero-order valence-electron chi connectivity index (χ0n) is 13.2. The van der Waals surface area contributed by atoms with Crippen LogP contribution in [-0.4, -0.2) is 17.4 Å². The Kier molecular flexibility index (Phi) is 4.24. The summed E-state index contributed by atoms with van der Waals surface area (Å²) in [5, 5.41) is 13.3. The van der Waals surface area contributed by atoms with Crippen molar-refractivity contribution in [2.24, 2.45) is 0 Å². The van der Waals surface area contributed by atoms with Gasteiger partial charge in [0.05, 0.1) is 4.92 Å². The topological polar surface area (TPSA) is 63.5 Å². The SMILES string of the molecule is CCN(C(=O)c1ccccc1[N+](=O)[O-])c1ccc2ccccc2c1. The maximum absolute atomic E-state index is 12.9. The number of nitro benzene ring substituents is 1. The van der Waals surface area contributed by atoms with E-state index in [1.165, 1.54) is 12.1 Å². The predicted octanol–water partition coefficient (Wildman–Crippen LogP) is 4.41. The maximum atomic E-state index is 12.9. The van der Waals surface area contributed by atoms with Crippen LogP contribution in [0.5, 0.6) is 0 Å². The molecule has 3 rings (SSSR count). The average Bonchev–Trinajstić information content (AvgIpc) is 2.62. The van der Waals surface area contributed by atoms with Crippen molar-refractivity contribution in [3.8, 4) is 0 Å². The first-order chi connectivity index (χ1) is 11.6. The number of carbonyl (C=O) groups excluding carboxylic acids is 1. The van der Waals surface area contributed by atoms with Crippen LogP contribution in [0.15, 0.2) is 66.7 Å². The van der Waals surface area contributed by atoms with Gasteiger partial charge in [-0.15, -0.1) is 0 Å². The fourth-order valence-electron chi connectivity index (χ4n) is 2.75. The Morgan fingerprint density at radius 1 is 1.00 bits per heavy atom. The summed E-state index contributed by atoms with van der Waals surface area (Å²) < 4.78 is 0. The van der Waals surface area contributed by atoms with Crippen LogP contribution in [0.4, 0.5) is 11.4 Å². The summed E-state index contributed by atoms with van der Waals surface area (Å²) in [5.41, 5.74) is 0.638. The highest BCUT2D eigenvalue weighted by molar-refractivity contribution is 6.09. The molecule has 3 aromatic carbocycles. The van der Waals surface area contributed by atoms with Crippen molar-refractivity contribution in [1.82, 2.24) is 0 Å². The molecule has 0 saturated carbocycles. The fourth-order valence-corrected chi connectivity index (χ4v) is 2.75. The van der Waals surface area contributed by atoms with E-state index in [-0.39, 0.29) is 17.2 Å². The molecule has 5 heteroatoms. The number of anilines is 1. The summed E-state index contributed by atoms with van der Waals surface area (Å²) in [4.78, 5) is 25.1. The standard InChI is InChI=1S/C19H16N2O3/c1-2-20(16-12-11-14-7-3-4-8-15(14)13-16)19(22)17-9-5-6-10-18(17)21(23)24/h3-13H,2H2,1H3. The van der Waals surface area contributed by atoms with Crippen LogP contribution in [0.25, 0.3) is 10.8 Å². The highest BCUT2D eigenvalue weighted by Crippen LogP contribution is 2.26. The van der Waals surface area contributed by atoms with Crippen LogP contribution in [-0.2, 0) is 0 Å². The van der Waals surface area contributed by atoms with Gasteiger partial charge >= 0.3 is 0 Å². The van der Waals surface area contributed by atoms with Crippen molar-refractivity contribution in [1.29, 1.82) is 0 Å². The first-order valence-corrected chi connectivity index (χ1v) is 7.66. The van der Waals surface area contributed by atoms with E-state index < -0.39 is 4.92 Å². The van der Waals surface area contributed by atoms with Crippen molar-refractivity contribution in [2.45, 2.75) is 6.92 Å². The molecule has 0 N–H and O–H groups in total. The number of nitro groups is 1. The number of hydrogen-bond donors (Lipinski definition) is 0. The lowest BCUT2D eigenvalue weighted by molar-refractivity contribution is -0.385. The Balaban J connectivity index is 2.04. The summed E-state index contributed by atoms with van der Waals surface area (Å²) >= 11 is 0. The van der Waals surface area contributed by atoms with E-state index in [1.54, 1.807) is 17.0 Å². The maximum Gasteiger partial charge on any atom is 0.282 e. The van der Waals surface area contributed by atoms with Crippen LogP contribution in [0.3, 0.4) is 0 Å². The minimum Gasteiger partial charge on any atom is -0.308 e. The van der Waals surface area contributed by atoms with E-state index in [2.05, 4.69) is 0 Å². The van der Waals surface area contributed by atoms with Crippen LogP contribution in [0, 0.1) is 10.1 Å². The Labute approximate surface area is 139 Å². The van der Waals surface area contributed by atoms with Gasteiger partial charge in [-0.1, -0.05) is 42.5 Å². The highest BCUT2D eigenvalue weighted by atomic mass is 16.6. The van der Waals surface area contributed by atoms with Crippen molar-refractivity contribution in [3.63, 3.8) is 0 Å². The molecule has 120 valence electrons. The van der Waals surface area contributed by atoms with E-state index in [4.69, 9.17) is 0 Å². The van der Waals surface area contributed by atoms with Crippen molar-refractivity contribution in [3.05, 3.63) is 82.4 Å². The molecule has 0 saturated heterocycles. The molecule has 0 bridgehead atoms. The van der Waals surface area contributed by atoms with Gasteiger partial charge in [0, 0.05) is 18.3 Å². The molecule has 0 radical (unpaired) electrons. The van der Waals surface area contributed by atoms with Gasteiger partial charge in [0.1, 0.15) is 5.56 Å². The van der Waals surface area contributed by atoms with Gasteiger partial charge in [0.15, 0.2) is 0 Å². The van der Waals surface area contributed by atoms with E-state index in [1.807, 2.05) is 49.4 Å². The van der Waals surface area contributed by atoms with Gasteiger partial charge in [-0.2, -0.15) is 0 Å². The second kappa shape index (κ2) is 6.50. The average molecular weight is 320 g/mol. The van der Waals surface area contributed by atoms with Gasteiger partial charge in [-0.05, 0) is 35.9 Å². The molecule has 3 aromatic rings. The molecule has 0 aliphatic rings. The molecule has 0 heterocycles. The Morgan fingerprint density at radius 3 is 2.38 bits per heavy atom. The molecule has 24 heavy (non-hydrogen) atoms. The number of benzene rings is 3. The molecule has 0 fully saturated rings. The smallest absolute Gasteiger partial charge is 0.282 e. The van der Waals surface area contributed by atoms with Crippen LogP contribution < -0.4 is 4.90 Å². The summed E-state index contributed by atoms with van der Waals surface area (Å²) in [7, 11) is 0. The Morgan fingerprint density at radius 2 is 1.67 bits per heavy atom. The molecule has 0 spiro atoms. The number of fused-ring (bicyclic) bond motifs is 1. The largest absolute Gasteiger partial charge is 0.308 e. The quantitative estimate of drug-likeness (QED) is 0.528. The lowest BCUT2D eigenvalue weighted by Crippen LogP contribution is -2.31. The second-order valence-corrected chi connectivity index (χ2v) is 5.36. The van der Waals surface area contributed by atoms with Crippen molar-refractivity contribution in [2.75, 3.05) is 11.4 Å². The second-order valence-electron chi connectivity index (χ2n) is 5.36. The predicted molar refractivity (Wildman–Crippen MR) is 94.4 cm³/mol. The summed E-state index contributed by atoms with van der Waals surface area (Å²) in [6.45, 7) is 2.27. The first kappa shape index (κ1) is 15.7. The number of para-hydroxylation sites is 1. The van der Waals surface area contributed by atoms with Gasteiger partial charge in [-0.25, -0.2) is 0 Å². The van der Waals surface area contributed by atoms with Crippen molar-refractivity contribution < 1.29 is 9.72 Å². The van der Waals surface area contributed by atoms with Crippen LogP contribution >= 0.6 is 0 Å². The minimum absolute atomic E-state index is 0.0949. The monoisotopic (exact) mass is 320 g/mol. The van der Waals surface area contributed by atoms with Crippen LogP contribution in [0.2, 0.25) is 0 Å². The highest BCUT2D eigenvalue weighted by Gasteiger charge is 2.24. The lowest BCUT2D eigenvalue weighted by Gasteiger charge is -2.21. The number of carbonyl (C=O) groups is 1. The van der Waals surface area contributed by atoms with E-state index in [0.717, 1.165) is 16.5 Å². The molecule has 0 atom stereocenters. The number of hydrogen-bond acceptors (Lipinski definition) is 3. The van der Waals surface area contributed by atoms with E-state index in [0.29, 0.717) is 6.54 Å². The molecule has 0 aromatic heterocycles. The molecule has 0 aliphatic heterocycles. The number of nitrogens with zero attached hydrogens (tertiary/aromatic N) is 2. The van der Waals surface area contributed by atoms with Gasteiger partial charge in [-0.3, -0.25) is 14.9 Å². The summed E-state index contributed by atoms with van der Waals surface area (Å²) in [5.74, 6) is -0.375. The van der Waals surface area contributed by atoms with Gasteiger partial charge in [0.2, 0.25) is 0 Å². The third kappa shape index (κ3) is 2.84. The summed E-state index contributed by atoms with van der Waals surface area (Å²) in [6, 6.07) is 19.6. The third-order valence-electron chi connectivity index (χ3n) is 3.94. The van der Waals surface area contributed by atoms with Crippen LogP contribution in [0.1, 0.15) is 17.3 Å². The number of rotatable bonds is 4. The molecule has 1 amide bonds. The minimum atomic E-state index is -0.526. The molecular formula is C19H16N2O3. The molecule has 0 aliphatic carbocycles. The zero-order valence-corrected chi connectivity index (χ0v) is 13.2. The van der Waals surface area contributed by atoms with Crippen molar-refractivity contribution >= 4 is 28.1 Å². The zero-order chi connectivity index (χ0) is 17.1. The molecule has 0 unspecified atom stereocenters. The fraction of sp³-hybridized carbons (Fsp3) is 0.105. The normalized spacial score (nSPS) is 10.5.